The average molecular weight is 223 g/mol. The van der Waals surface area contributed by atoms with Gasteiger partial charge in [-0.25, -0.2) is 4.98 Å². The Morgan fingerprint density at radius 3 is 3.06 bits per heavy atom. The molecule has 0 saturated carbocycles. The third-order valence-electron chi connectivity index (χ3n) is 3.12. The van der Waals surface area contributed by atoms with E-state index in [4.69, 9.17) is 4.74 Å². The first-order valence-corrected chi connectivity index (χ1v) is 6.21. The first-order valence-electron chi connectivity index (χ1n) is 6.21. The topological polar surface area (TPSA) is 39.1 Å². The van der Waals surface area contributed by atoms with Crippen LogP contribution < -0.4 is 5.32 Å². The highest BCUT2D eigenvalue weighted by Crippen LogP contribution is 2.06. The molecular formula is C12H21N3O. The summed E-state index contributed by atoms with van der Waals surface area (Å²) >= 11 is 0. The maximum absolute atomic E-state index is 5.33. The maximum atomic E-state index is 5.33. The molecule has 1 fully saturated rings. The predicted molar refractivity (Wildman–Crippen MR) is 63.4 cm³/mol. The van der Waals surface area contributed by atoms with Gasteiger partial charge in [0.15, 0.2) is 0 Å². The van der Waals surface area contributed by atoms with Gasteiger partial charge >= 0.3 is 0 Å². The van der Waals surface area contributed by atoms with Crippen LogP contribution in [-0.2, 0) is 17.7 Å². The van der Waals surface area contributed by atoms with Gasteiger partial charge in [0.1, 0.15) is 5.82 Å². The molecule has 0 aliphatic carbocycles. The molecule has 0 atom stereocenters. The Bertz CT molecular complexity index is 305. The Morgan fingerprint density at radius 1 is 1.50 bits per heavy atom. The molecule has 1 aromatic rings. The van der Waals surface area contributed by atoms with Crippen molar-refractivity contribution in [3.8, 4) is 0 Å². The third-order valence-corrected chi connectivity index (χ3v) is 3.12. The number of rotatable bonds is 5. The van der Waals surface area contributed by atoms with E-state index in [2.05, 4.69) is 28.0 Å². The van der Waals surface area contributed by atoms with Crippen LogP contribution in [0.25, 0.3) is 0 Å². The quantitative estimate of drug-likeness (QED) is 0.815. The van der Waals surface area contributed by atoms with Gasteiger partial charge in [-0.3, -0.25) is 0 Å². The van der Waals surface area contributed by atoms with E-state index in [0.717, 1.165) is 45.6 Å². The molecule has 0 aromatic carbocycles. The van der Waals surface area contributed by atoms with Crippen LogP contribution in [0.5, 0.6) is 0 Å². The number of nitrogens with zero attached hydrogens (tertiary/aromatic N) is 2. The fraction of sp³-hybridized carbons (Fsp3) is 0.750. The zero-order valence-corrected chi connectivity index (χ0v) is 9.98. The van der Waals surface area contributed by atoms with Crippen LogP contribution in [0.15, 0.2) is 12.4 Å². The Balaban J connectivity index is 1.71. The molecule has 16 heavy (non-hydrogen) atoms. The molecule has 4 heteroatoms. The summed E-state index contributed by atoms with van der Waals surface area (Å²) in [6, 6.07) is 0.641. The van der Waals surface area contributed by atoms with Crippen LogP contribution in [0.4, 0.5) is 0 Å². The molecule has 1 aromatic heterocycles. The largest absolute Gasteiger partial charge is 0.381 e. The molecule has 1 aliphatic heterocycles. The summed E-state index contributed by atoms with van der Waals surface area (Å²) in [7, 11) is 0. The first kappa shape index (κ1) is 11.6. The Labute approximate surface area is 97.0 Å². The summed E-state index contributed by atoms with van der Waals surface area (Å²) < 4.78 is 7.56. The summed E-state index contributed by atoms with van der Waals surface area (Å²) in [5.74, 6) is 1.17. The second kappa shape index (κ2) is 6.01. The standard InChI is InChI=1S/C12H21N3O/c1-2-12-14-6-8-15(12)7-5-13-11-3-9-16-10-4-11/h6,8,11,13H,2-5,7,9-10H2,1H3. The van der Waals surface area contributed by atoms with Gasteiger partial charge in [0, 0.05) is 51.2 Å². The molecule has 0 amide bonds. The SMILES string of the molecule is CCc1nccn1CCNC1CCOCC1. The smallest absolute Gasteiger partial charge is 0.108 e. The number of aromatic nitrogens is 2. The van der Waals surface area contributed by atoms with Crippen LogP contribution in [0.2, 0.25) is 0 Å². The fourth-order valence-corrected chi connectivity index (χ4v) is 2.15. The summed E-state index contributed by atoms with van der Waals surface area (Å²) in [5.41, 5.74) is 0. The molecule has 0 spiro atoms. The molecule has 1 N–H and O–H groups in total. The highest BCUT2D eigenvalue weighted by atomic mass is 16.5. The molecule has 2 rings (SSSR count). The molecule has 90 valence electrons. The van der Waals surface area contributed by atoms with Crippen molar-refractivity contribution in [3.05, 3.63) is 18.2 Å². The fourth-order valence-electron chi connectivity index (χ4n) is 2.15. The van der Waals surface area contributed by atoms with Crippen molar-refractivity contribution in [3.63, 3.8) is 0 Å². The molecule has 0 radical (unpaired) electrons. The zero-order valence-electron chi connectivity index (χ0n) is 9.98. The first-order chi connectivity index (χ1) is 7.90. The number of nitrogens with one attached hydrogen (secondary N) is 1. The average Bonchev–Trinajstić information content (AvgIpc) is 2.78. The molecule has 2 heterocycles. The molecular weight excluding hydrogens is 202 g/mol. The van der Waals surface area contributed by atoms with E-state index < -0.39 is 0 Å². The second-order valence-corrected chi connectivity index (χ2v) is 4.23. The molecule has 0 unspecified atom stereocenters. The number of hydrogen-bond acceptors (Lipinski definition) is 3. The van der Waals surface area contributed by atoms with Gasteiger partial charge in [-0.2, -0.15) is 0 Å². The Hall–Kier alpha value is -0.870. The van der Waals surface area contributed by atoms with Gasteiger partial charge in [0.2, 0.25) is 0 Å². The van der Waals surface area contributed by atoms with Crippen LogP contribution >= 0.6 is 0 Å². The normalized spacial score (nSPS) is 17.8. The Kier molecular flexibility index (Phi) is 4.36. The molecule has 1 saturated heterocycles. The summed E-state index contributed by atoms with van der Waals surface area (Å²) in [4.78, 5) is 4.32. The van der Waals surface area contributed by atoms with Crippen LogP contribution in [0.3, 0.4) is 0 Å². The van der Waals surface area contributed by atoms with E-state index in [0.29, 0.717) is 6.04 Å². The second-order valence-electron chi connectivity index (χ2n) is 4.23. The lowest BCUT2D eigenvalue weighted by Crippen LogP contribution is -2.36. The van der Waals surface area contributed by atoms with E-state index in [1.807, 2.05) is 6.20 Å². The van der Waals surface area contributed by atoms with Gasteiger partial charge < -0.3 is 14.6 Å². The minimum Gasteiger partial charge on any atom is -0.381 e. The monoisotopic (exact) mass is 223 g/mol. The van der Waals surface area contributed by atoms with E-state index in [-0.39, 0.29) is 0 Å². The maximum Gasteiger partial charge on any atom is 0.108 e. The highest BCUT2D eigenvalue weighted by Gasteiger charge is 2.12. The summed E-state index contributed by atoms with van der Waals surface area (Å²) in [5, 5.41) is 3.58. The van der Waals surface area contributed by atoms with Gasteiger partial charge in [-0.05, 0) is 12.8 Å². The van der Waals surface area contributed by atoms with Crippen LogP contribution in [0.1, 0.15) is 25.6 Å². The van der Waals surface area contributed by atoms with Crippen LogP contribution in [-0.4, -0.2) is 35.4 Å². The number of ether oxygens (including phenoxy) is 1. The number of aryl methyl sites for hydroxylation is 1. The molecule has 0 bridgehead atoms. The number of imidazole rings is 1. The van der Waals surface area contributed by atoms with Gasteiger partial charge in [0.25, 0.3) is 0 Å². The minimum atomic E-state index is 0.641. The molecule has 4 nitrogen and oxygen atoms in total. The third kappa shape index (κ3) is 3.06. The zero-order chi connectivity index (χ0) is 11.2. The van der Waals surface area contributed by atoms with E-state index >= 15 is 0 Å². The van der Waals surface area contributed by atoms with Crippen molar-refractivity contribution >= 4 is 0 Å². The van der Waals surface area contributed by atoms with E-state index in [1.54, 1.807) is 0 Å². The van der Waals surface area contributed by atoms with Crippen molar-refractivity contribution in [2.45, 2.75) is 38.8 Å². The van der Waals surface area contributed by atoms with Crippen molar-refractivity contribution in [1.29, 1.82) is 0 Å². The van der Waals surface area contributed by atoms with Crippen molar-refractivity contribution in [1.82, 2.24) is 14.9 Å². The lowest BCUT2D eigenvalue weighted by molar-refractivity contribution is 0.0778. The van der Waals surface area contributed by atoms with E-state index in [1.165, 1.54) is 5.82 Å². The van der Waals surface area contributed by atoms with Gasteiger partial charge in [0.05, 0.1) is 0 Å². The minimum absolute atomic E-state index is 0.641. The summed E-state index contributed by atoms with van der Waals surface area (Å²) in [6.07, 6.45) is 7.23. The van der Waals surface area contributed by atoms with Crippen molar-refractivity contribution < 1.29 is 4.74 Å². The van der Waals surface area contributed by atoms with Crippen molar-refractivity contribution in [2.24, 2.45) is 0 Å². The van der Waals surface area contributed by atoms with Gasteiger partial charge in [-0.15, -0.1) is 0 Å². The lowest BCUT2D eigenvalue weighted by atomic mass is 10.1. The number of hydrogen-bond donors (Lipinski definition) is 1. The lowest BCUT2D eigenvalue weighted by Gasteiger charge is -2.23. The van der Waals surface area contributed by atoms with Crippen LogP contribution in [0, 0.1) is 0 Å². The predicted octanol–water partition coefficient (Wildman–Crippen LogP) is 1.21. The van der Waals surface area contributed by atoms with Crippen molar-refractivity contribution in [2.75, 3.05) is 19.8 Å². The highest BCUT2D eigenvalue weighted by molar-refractivity contribution is 4.91. The summed E-state index contributed by atoms with van der Waals surface area (Å²) in [6.45, 7) is 5.99. The molecule has 1 aliphatic rings. The van der Waals surface area contributed by atoms with Gasteiger partial charge in [-0.1, -0.05) is 6.92 Å². The Morgan fingerprint density at radius 2 is 2.31 bits per heavy atom. The van der Waals surface area contributed by atoms with E-state index in [9.17, 15) is 0 Å².